The quantitative estimate of drug-likeness (QED) is 0.386. The van der Waals surface area contributed by atoms with Crippen LogP contribution in [-0.4, -0.2) is 28.2 Å². The van der Waals surface area contributed by atoms with Crippen molar-refractivity contribution in [2.24, 2.45) is 0 Å². The predicted octanol–water partition coefficient (Wildman–Crippen LogP) is 0.104. The highest BCUT2D eigenvalue weighted by Gasteiger charge is 2.23. The van der Waals surface area contributed by atoms with E-state index >= 15 is 0 Å². The van der Waals surface area contributed by atoms with Crippen molar-refractivity contribution in [2.45, 2.75) is 0 Å². The number of esters is 1. The summed E-state index contributed by atoms with van der Waals surface area (Å²) in [6.45, 7) is 0. The number of nitrogens with zero attached hydrogens (tertiary/aromatic N) is 2. The van der Waals surface area contributed by atoms with Crippen LogP contribution in [0.3, 0.4) is 0 Å². The Kier molecular flexibility index (Phi) is 2.04. The van der Waals surface area contributed by atoms with Crippen molar-refractivity contribution in [3.8, 4) is 0 Å². The minimum absolute atomic E-state index is 0.178. The third kappa shape index (κ3) is 1.24. The summed E-state index contributed by atoms with van der Waals surface area (Å²) in [6.07, 6.45) is 1.12. The van der Waals surface area contributed by atoms with Crippen molar-refractivity contribution in [3.63, 3.8) is 0 Å². The van der Waals surface area contributed by atoms with Crippen LogP contribution >= 0.6 is 0 Å². The molecule has 64 valence electrons. The first-order chi connectivity index (χ1) is 5.66. The van der Waals surface area contributed by atoms with Gasteiger partial charge in [0.15, 0.2) is 5.56 Å². The normalized spacial score (nSPS) is 9.42. The van der Waals surface area contributed by atoms with Gasteiger partial charge in [0.05, 0.1) is 18.4 Å². The molecule has 0 saturated heterocycles. The number of H-pyrrole nitrogens is 1. The number of aromatic nitrogens is 2. The molecule has 0 atom stereocenters. The van der Waals surface area contributed by atoms with Crippen LogP contribution in [0.15, 0.2) is 6.20 Å². The number of rotatable bonds is 2. The number of hydrogen-bond acceptors (Lipinski definition) is 5. The zero-order valence-electron chi connectivity index (χ0n) is 6.10. The molecule has 1 aromatic heterocycles. The number of methoxy groups -OCH3 is 1. The van der Waals surface area contributed by atoms with Crippen molar-refractivity contribution >= 4 is 11.8 Å². The first-order valence-electron chi connectivity index (χ1n) is 2.93. The van der Waals surface area contributed by atoms with E-state index in [0.29, 0.717) is 0 Å². The zero-order chi connectivity index (χ0) is 9.14. The van der Waals surface area contributed by atoms with Crippen molar-refractivity contribution in [1.82, 2.24) is 10.2 Å². The molecule has 12 heavy (non-hydrogen) atoms. The van der Waals surface area contributed by atoms with Crippen molar-refractivity contribution < 1.29 is 14.5 Å². The summed E-state index contributed by atoms with van der Waals surface area (Å²) in [5, 5.41) is 15.7. The van der Waals surface area contributed by atoms with Crippen LogP contribution in [0.5, 0.6) is 0 Å². The standard InChI is InChI=1S/C5H5N3O4/c1-12-5(9)3-2-6-7-4(3)8(10)11/h2H,1H3,(H,6,7). The van der Waals surface area contributed by atoms with Crippen LogP contribution in [0.1, 0.15) is 10.4 Å². The van der Waals surface area contributed by atoms with Gasteiger partial charge >= 0.3 is 11.8 Å². The van der Waals surface area contributed by atoms with E-state index in [2.05, 4.69) is 14.9 Å². The summed E-state index contributed by atoms with van der Waals surface area (Å²) in [5.74, 6) is -1.31. The third-order valence-electron chi connectivity index (χ3n) is 1.20. The maximum atomic E-state index is 10.8. The molecule has 1 heterocycles. The van der Waals surface area contributed by atoms with Gasteiger partial charge in [-0.15, -0.1) is 0 Å². The van der Waals surface area contributed by atoms with Gasteiger partial charge in [0.2, 0.25) is 0 Å². The summed E-state index contributed by atoms with van der Waals surface area (Å²) in [7, 11) is 1.14. The molecule has 7 heteroatoms. The number of hydrogen-bond donors (Lipinski definition) is 1. The van der Waals surface area contributed by atoms with E-state index in [1.165, 1.54) is 0 Å². The average Bonchev–Trinajstić information content (AvgIpc) is 2.50. The van der Waals surface area contributed by atoms with Crippen molar-refractivity contribution in [1.29, 1.82) is 0 Å². The third-order valence-corrected chi connectivity index (χ3v) is 1.20. The molecule has 0 spiro atoms. The SMILES string of the molecule is COC(=O)c1c[nH]nc1[N+](=O)[O-]. The molecule has 7 nitrogen and oxygen atoms in total. The fraction of sp³-hybridized carbons (Fsp3) is 0.200. The summed E-state index contributed by atoms with van der Waals surface area (Å²) in [4.78, 5) is 20.3. The second-order valence-corrected chi connectivity index (χ2v) is 1.87. The summed E-state index contributed by atoms with van der Waals surface area (Å²) in [6, 6.07) is 0. The number of carbonyl (C=O) groups excluding carboxylic acids is 1. The second-order valence-electron chi connectivity index (χ2n) is 1.87. The van der Waals surface area contributed by atoms with Gasteiger partial charge in [-0.2, -0.15) is 5.10 Å². The predicted molar refractivity (Wildman–Crippen MR) is 36.6 cm³/mol. The highest BCUT2D eigenvalue weighted by molar-refractivity contribution is 5.92. The first-order valence-corrected chi connectivity index (χ1v) is 2.93. The number of nitrogens with one attached hydrogen (secondary N) is 1. The maximum absolute atomic E-state index is 10.8. The summed E-state index contributed by atoms with van der Waals surface area (Å²) in [5.41, 5.74) is -0.178. The number of carbonyl (C=O) groups is 1. The fourth-order valence-corrected chi connectivity index (χ4v) is 0.682. The Balaban J connectivity index is 3.07. The fourth-order valence-electron chi connectivity index (χ4n) is 0.682. The van der Waals surface area contributed by atoms with Crippen LogP contribution in [-0.2, 0) is 4.74 Å². The Morgan fingerprint density at radius 2 is 2.50 bits per heavy atom. The van der Waals surface area contributed by atoms with Gasteiger partial charge in [0.25, 0.3) is 0 Å². The topological polar surface area (TPSA) is 98.1 Å². The summed E-state index contributed by atoms with van der Waals surface area (Å²) < 4.78 is 4.28. The molecule has 0 aromatic carbocycles. The molecule has 1 aromatic rings. The van der Waals surface area contributed by atoms with E-state index in [1.54, 1.807) is 0 Å². The average molecular weight is 171 g/mol. The van der Waals surface area contributed by atoms with Gasteiger partial charge < -0.3 is 14.9 Å². The summed E-state index contributed by atoms with van der Waals surface area (Å²) >= 11 is 0. The van der Waals surface area contributed by atoms with Crippen molar-refractivity contribution in [2.75, 3.05) is 7.11 Å². The highest BCUT2D eigenvalue weighted by Crippen LogP contribution is 2.13. The molecule has 0 bridgehead atoms. The van der Waals surface area contributed by atoms with E-state index in [-0.39, 0.29) is 5.56 Å². The molecular weight excluding hydrogens is 166 g/mol. The molecule has 0 amide bonds. The Labute approximate surface area is 66.5 Å². The molecule has 0 unspecified atom stereocenters. The van der Waals surface area contributed by atoms with E-state index in [4.69, 9.17) is 0 Å². The molecule has 0 aliphatic heterocycles. The Morgan fingerprint density at radius 1 is 1.83 bits per heavy atom. The van der Waals surface area contributed by atoms with Gasteiger partial charge in [-0.1, -0.05) is 0 Å². The van der Waals surface area contributed by atoms with Gasteiger partial charge in [0, 0.05) is 0 Å². The smallest absolute Gasteiger partial charge is 0.404 e. The maximum Gasteiger partial charge on any atom is 0.404 e. The van der Waals surface area contributed by atoms with Gasteiger partial charge in [-0.05, 0) is 4.92 Å². The minimum atomic E-state index is -0.782. The first kappa shape index (κ1) is 8.18. The van der Waals surface area contributed by atoms with Gasteiger partial charge in [-0.25, -0.2) is 4.79 Å². The van der Waals surface area contributed by atoms with Crippen LogP contribution in [0.4, 0.5) is 5.82 Å². The molecule has 0 aliphatic carbocycles. The van der Waals surface area contributed by atoms with Crippen LogP contribution < -0.4 is 0 Å². The van der Waals surface area contributed by atoms with Crippen LogP contribution in [0, 0.1) is 10.1 Å². The lowest BCUT2D eigenvalue weighted by Gasteiger charge is -1.93. The van der Waals surface area contributed by atoms with E-state index < -0.39 is 16.7 Å². The molecule has 0 aliphatic rings. The Morgan fingerprint density at radius 3 is 3.00 bits per heavy atom. The zero-order valence-corrected chi connectivity index (χ0v) is 6.10. The molecular formula is C5H5N3O4. The molecule has 1 N–H and O–H groups in total. The lowest BCUT2D eigenvalue weighted by atomic mass is 10.3. The molecule has 0 fully saturated rings. The Hall–Kier alpha value is -1.92. The van der Waals surface area contributed by atoms with E-state index in [9.17, 15) is 14.9 Å². The largest absolute Gasteiger partial charge is 0.465 e. The number of aromatic amines is 1. The highest BCUT2D eigenvalue weighted by atomic mass is 16.6. The Bertz CT molecular complexity index is 318. The molecule has 0 saturated carbocycles. The van der Waals surface area contributed by atoms with Crippen LogP contribution in [0.25, 0.3) is 0 Å². The van der Waals surface area contributed by atoms with Gasteiger partial charge in [-0.3, -0.25) is 0 Å². The minimum Gasteiger partial charge on any atom is -0.465 e. The van der Waals surface area contributed by atoms with Crippen LogP contribution in [0.2, 0.25) is 0 Å². The molecule has 1 rings (SSSR count). The lowest BCUT2D eigenvalue weighted by molar-refractivity contribution is -0.389. The number of ether oxygens (including phenoxy) is 1. The molecule has 0 radical (unpaired) electrons. The monoisotopic (exact) mass is 171 g/mol. The van der Waals surface area contributed by atoms with E-state index in [0.717, 1.165) is 13.3 Å². The lowest BCUT2D eigenvalue weighted by Crippen LogP contribution is -2.03. The van der Waals surface area contributed by atoms with E-state index in [1.807, 2.05) is 0 Å². The van der Waals surface area contributed by atoms with Gasteiger partial charge in [0.1, 0.15) is 0 Å². The number of nitro groups is 1. The second kappa shape index (κ2) is 2.99. The van der Waals surface area contributed by atoms with Crippen molar-refractivity contribution in [3.05, 3.63) is 21.9 Å².